The minimum Gasteiger partial charge on any atom is -0.493 e. The van der Waals surface area contributed by atoms with E-state index in [-0.39, 0.29) is 12.3 Å². The number of rotatable bonds is 6. The molecule has 0 unspecified atom stereocenters. The number of amides is 2. The van der Waals surface area contributed by atoms with Crippen LogP contribution in [-0.2, 0) is 11.2 Å². The predicted octanol–water partition coefficient (Wildman–Crippen LogP) is 2.19. The van der Waals surface area contributed by atoms with Gasteiger partial charge in [-0.15, -0.1) is 0 Å². The number of nitrogens with one attached hydrogen (secondary N) is 3. The summed E-state index contributed by atoms with van der Waals surface area (Å²) >= 11 is 3.24. The number of methoxy groups -OCH3 is 2. The topological polar surface area (TPSA) is 92.5 Å². The van der Waals surface area contributed by atoms with Gasteiger partial charge in [-0.25, -0.2) is 0 Å². The van der Waals surface area contributed by atoms with Gasteiger partial charge in [0.1, 0.15) is 5.69 Å². The van der Waals surface area contributed by atoms with Crippen molar-refractivity contribution in [2.45, 2.75) is 12.8 Å². The highest BCUT2D eigenvalue weighted by atomic mass is 79.9. The van der Waals surface area contributed by atoms with Crippen molar-refractivity contribution >= 4 is 27.7 Å². The number of carbonyl (C=O) groups is 2. The molecule has 1 heterocycles. The highest BCUT2D eigenvalue weighted by molar-refractivity contribution is 9.10. The van der Waals surface area contributed by atoms with E-state index in [9.17, 15) is 9.59 Å². The molecule has 2 aromatic rings. The number of aryl methyl sites for hydroxylation is 1. The van der Waals surface area contributed by atoms with Crippen LogP contribution in [-0.4, -0.2) is 31.0 Å². The van der Waals surface area contributed by atoms with Crippen molar-refractivity contribution in [1.82, 2.24) is 15.8 Å². The number of halogens is 1. The maximum absolute atomic E-state index is 11.9. The molecular formula is C16H18BrN3O4. The standard InChI is InChI=1S/C16H18BrN3O4/c1-23-13-5-3-4-10(15(13)24-2)6-7-14(21)19-20-16(22)12-8-11(17)9-18-12/h3-5,8-9,18H,6-7H2,1-2H3,(H,19,21)(H,20,22). The molecular weight excluding hydrogens is 378 g/mol. The molecule has 2 rings (SSSR count). The zero-order valence-electron chi connectivity index (χ0n) is 13.3. The Morgan fingerprint density at radius 2 is 2.00 bits per heavy atom. The lowest BCUT2D eigenvalue weighted by molar-refractivity contribution is -0.121. The zero-order chi connectivity index (χ0) is 17.5. The summed E-state index contributed by atoms with van der Waals surface area (Å²) in [6, 6.07) is 7.10. The number of H-pyrrole nitrogens is 1. The first-order valence-corrected chi connectivity index (χ1v) is 7.97. The normalized spacial score (nSPS) is 10.1. The third-order valence-corrected chi connectivity index (χ3v) is 3.77. The molecule has 24 heavy (non-hydrogen) atoms. The van der Waals surface area contributed by atoms with Gasteiger partial charge < -0.3 is 14.5 Å². The number of para-hydroxylation sites is 1. The van der Waals surface area contributed by atoms with Crippen molar-refractivity contribution in [2.75, 3.05) is 14.2 Å². The molecule has 1 aromatic carbocycles. The van der Waals surface area contributed by atoms with Crippen molar-refractivity contribution in [2.24, 2.45) is 0 Å². The van der Waals surface area contributed by atoms with Crippen molar-refractivity contribution in [3.8, 4) is 11.5 Å². The van der Waals surface area contributed by atoms with Gasteiger partial charge in [0.05, 0.1) is 14.2 Å². The first-order chi connectivity index (χ1) is 11.5. The lowest BCUT2D eigenvalue weighted by Crippen LogP contribution is -2.41. The number of aromatic amines is 1. The van der Waals surface area contributed by atoms with E-state index in [2.05, 4.69) is 31.8 Å². The maximum atomic E-state index is 11.9. The van der Waals surface area contributed by atoms with Crippen LogP contribution in [0.1, 0.15) is 22.5 Å². The summed E-state index contributed by atoms with van der Waals surface area (Å²) in [5.74, 6) is 0.487. The second-order valence-electron chi connectivity index (χ2n) is 4.89. The molecule has 0 aliphatic heterocycles. The van der Waals surface area contributed by atoms with Gasteiger partial charge in [0.25, 0.3) is 5.91 Å². The molecule has 0 radical (unpaired) electrons. The molecule has 7 nitrogen and oxygen atoms in total. The molecule has 0 saturated carbocycles. The quantitative estimate of drug-likeness (QED) is 0.653. The average Bonchev–Trinajstić information content (AvgIpc) is 3.03. The molecule has 3 N–H and O–H groups in total. The third kappa shape index (κ3) is 4.51. The van der Waals surface area contributed by atoms with Gasteiger partial charge in [0.15, 0.2) is 11.5 Å². The Morgan fingerprint density at radius 1 is 1.21 bits per heavy atom. The average molecular weight is 396 g/mol. The second-order valence-corrected chi connectivity index (χ2v) is 5.80. The molecule has 1 aromatic heterocycles. The second kappa shape index (κ2) is 8.39. The minimum atomic E-state index is -0.423. The Hall–Kier alpha value is -2.48. The number of carbonyl (C=O) groups excluding carboxylic acids is 2. The van der Waals surface area contributed by atoms with E-state index in [1.807, 2.05) is 12.1 Å². The molecule has 0 aliphatic rings. The summed E-state index contributed by atoms with van der Waals surface area (Å²) in [4.78, 5) is 26.5. The van der Waals surface area contributed by atoms with Crippen LogP contribution >= 0.6 is 15.9 Å². The largest absolute Gasteiger partial charge is 0.493 e. The molecule has 2 amide bonds. The Bertz CT molecular complexity index is 730. The summed E-state index contributed by atoms with van der Waals surface area (Å²) in [5, 5.41) is 0. The van der Waals surface area contributed by atoms with Crippen LogP contribution in [0.3, 0.4) is 0 Å². The van der Waals surface area contributed by atoms with Gasteiger partial charge >= 0.3 is 0 Å². The van der Waals surface area contributed by atoms with E-state index in [1.54, 1.807) is 32.5 Å². The van der Waals surface area contributed by atoms with E-state index in [1.165, 1.54) is 0 Å². The lowest BCUT2D eigenvalue weighted by Gasteiger charge is -2.12. The first kappa shape index (κ1) is 17.9. The lowest BCUT2D eigenvalue weighted by atomic mass is 10.1. The smallest absolute Gasteiger partial charge is 0.286 e. The van der Waals surface area contributed by atoms with Gasteiger partial charge in [-0.2, -0.15) is 0 Å². The van der Waals surface area contributed by atoms with Crippen LogP contribution in [0, 0.1) is 0 Å². The minimum absolute atomic E-state index is 0.193. The molecule has 0 spiro atoms. The Kier molecular flexibility index (Phi) is 6.25. The maximum Gasteiger partial charge on any atom is 0.286 e. The molecule has 128 valence electrons. The van der Waals surface area contributed by atoms with E-state index < -0.39 is 5.91 Å². The fraction of sp³-hybridized carbons (Fsp3) is 0.250. The molecule has 0 aliphatic carbocycles. The highest BCUT2D eigenvalue weighted by Gasteiger charge is 2.12. The number of ether oxygens (including phenoxy) is 2. The van der Waals surface area contributed by atoms with Gasteiger partial charge in [0.2, 0.25) is 5.91 Å². The molecule has 8 heteroatoms. The summed E-state index contributed by atoms with van der Waals surface area (Å²) in [5.41, 5.74) is 5.93. The van der Waals surface area contributed by atoms with Gasteiger partial charge in [0, 0.05) is 17.1 Å². The summed E-state index contributed by atoms with van der Waals surface area (Å²) < 4.78 is 11.3. The van der Waals surface area contributed by atoms with Crippen LogP contribution in [0.5, 0.6) is 11.5 Å². The SMILES string of the molecule is COc1cccc(CCC(=O)NNC(=O)c2cc(Br)c[nH]2)c1OC. The first-order valence-electron chi connectivity index (χ1n) is 7.18. The molecule has 0 atom stereocenters. The third-order valence-electron chi connectivity index (χ3n) is 3.31. The van der Waals surface area contributed by atoms with E-state index in [4.69, 9.17) is 9.47 Å². The van der Waals surface area contributed by atoms with Crippen molar-refractivity contribution in [1.29, 1.82) is 0 Å². The van der Waals surface area contributed by atoms with E-state index >= 15 is 0 Å². The Balaban J connectivity index is 1.86. The van der Waals surface area contributed by atoms with Crippen LogP contribution in [0.4, 0.5) is 0 Å². The van der Waals surface area contributed by atoms with E-state index in [0.717, 1.165) is 10.0 Å². The fourth-order valence-corrected chi connectivity index (χ4v) is 2.50. The van der Waals surface area contributed by atoms with Crippen LogP contribution < -0.4 is 20.3 Å². The van der Waals surface area contributed by atoms with Crippen molar-refractivity contribution in [3.63, 3.8) is 0 Å². The van der Waals surface area contributed by atoms with Crippen molar-refractivity contribution in [3.05, 3.63) is 46.2 Å². The summed E-state index contributed by atoms with van der Waals surface area (Å²) in [7, 11) is 3.11. The number of hydrogen-bond donors (Lipinski definition) is 3. The predicted molar refractivity (Wildman–Crippen MR) is 92.0 cm³/mol. The monoisotopic (exact) mass is 395 g/mol. The van der Waals surface area contributed by atoms with Gasteiger partial charge in [-0.05, 0) is 40.0 Å². The molecule has 0 fully saturated rings. The van der Waals surface area contributed by atoms with Crippen LogP contribution in [0.2, 0.25) is 0 Å². The van der Waals surface area contributed by atoms with Crippen LogP contribution in [0.15, 0.2) is 34.9 Å². The zero-order valence-corrected chi connectivity index (χ0v) is 14.9. The van der Waals surface area contributed by atoms with Crippen LogP contribution in [0.25, 0.3) is 0 Å². The van der Waals surface area contributed by atoms with E-state index in [0.29, 0.717) is 23.6 Å². The van der Waals surface area contributed by atoms with Crippen molar-refractivity contribution < 1.29 is 19.1 Å². The summed E-state index contributed by atoms with van der Waals surface area (Å²) in [6.45, 7) is 0. The summed E-state index contributed by atoms with van der Waals surface area (Å²) in [6.07, 6.45) is 2.28. The fourth-order valence-electron chi connectivity index (χ4n) is 2.15. The van der Waals surface area contributed by atoms with Gasteiger partial charge in [-0.1, -0.05) is 12.1 Å². The Labute approximate surface area is 147 Å². The number of aromatic nitrogens is 1. The number of hydrogen-bond acceptors (Lipinski definition) is 4. The Morgan fingerprint density at radius 3 is 2.62 bits per heavy atom. The molecule has 0 saturated heterocycles. The number of benzene rings is 1. The number of hydrazine groups is 1. The molecule has 0 bridgehead atoms. The van der Waals surface area contributed by atoms with Gasteiger partial charge in [-0.3, -0.25) is 20.4 Å². The highest BCUT2D eigenvalue weighted by Crippen LogP contribution is 2.31.